The number of carbonyl (C=O) groups is 5. The largest absolute Gasteiger partial charge is 0.481 e. The van der Waals surface area contributed by atoms with Crippen molar-refractivity contribution in [1.29, 1.82) is 0 Å². The molecule has 26 heavy (non-hydrogen) atoms. The van der Waals surface area contributed by atoms with Crippen LogP contribution in [-0.4, -0.2) is 68.1 Å². The van der Waals surface area contributed by atoms with E-state index in [0.29, 0.717) is 0 Å². The van der Waals surface area contributed by atoms with Crippen LogP contribution in [0.15, 0.2) is 24.3 Å². The van der Waals surface area contributed by atoms with Gasteiger partial charge < -0.3 is 30.3 Å². The lowest BCUT2D eigenvalue weighted by atomic mass is 9.95. The maximum atomic E-state index is 10.7. The van der Waals surface area contributed by atoms with E-state index in [1.807, 2.05) is 0 Å². The molecule has 0 aliphatic heterocycles. The first-order chi connectivity index (χ1) is 12.0. The minimum absolute atomic E-state index is 0.190. The van der Waals surface area contributed by atoms with Crippen molar-refractivity contribution < 1.29 is 54.2 Å². The van der Waals surface area contributed by atoms with E-state index in [1.165, 1.54) is 24.3 Å². The Balaban J connectivity index is 0.000000485. The summed E-state index contributed by atoms with van der Waals surface area (Å²) in [6.07, 6.45) is -1.80. The topological polar surface area (TPSA) is 196 Å². The molecule has 0 unspecified atom stereocenters. The van der Waals surface area contributed by atoms with Gasteiger partial charge in [-0.05, 0) is 12.1 Å². The molecule has 11 heteroatoms. The fraction of sp³-hybridized carbons (Fsp3) is 0.267. The van der Waals surface area contributed by atoms with Crippen molar-refractivity contribution in [3.8, 4) is 0 Å². The first-order valence-corrected chi connectivity index (χ1v) is 6.74. The Morgan fingerprint density at radius 3 is 1.35 bits per heavy atom. The van der Waals surface area contributed by atoms with Crippen molar-refractivity contribution >= 4 is 29.8 Å². The van der Waals surface area contributed by atoms with E-state index in [1.54, 1.807) is 0 Å². The number of hydrogen-bond acceptors (Lipinski definition) is 6. The standard InChI is InChI=1S/C8H6O4.C7H10O7/c9-7(10)5-3-1-2-4-6(5)8(11)12;1-14-7(6(12)13,2-4(8)9)3-5(10)11/h1-4H,(H,9,10)(H,11,12);2-3H2,1H3,(H,8,9)(H,10,11)(H,12,13). The molecule has 0 amide bonds. The molecule has 0 saturated carbocycles. The highest BCUT2D eigenvalue weighted by atomic mass is 16.5. The molecule has 0 fully saturated rings. The summed E-state index contributed by atoms with van der Waals surface area (Å²) in [4.78, 5) is 52.2. The van der Waals surface area contributed by atoms with Crippen LogP contribution in [0.25, 0.3) is 0 Å². The van der Waals surface area contributed by atoms with Gasteiger partial charge in [0.1, 0.15) is 0 Å². The first-order valence-electron chi connectivity index (χ1n) is 6.74. The molecule has 1 aromatic carbocycles. The van der Waals surface area contributed by atoms with E-state index in [9.17, 15) is 24.0 Å². The van der Waals surface area contributed by atoms with Gasteiger partial charge in [0.15, 0.2) is 5.60 Å². The summed E-state index contributed by atoms with van der Waals surface area (Å²) in [5.41, 5.74) is -2.58. The predicted octanol–water partition coefficient (Wildman–Crippen LogP) is 0.489. The molecule has 0 bridgehead atoms. The molecule has 142 valence electrons. The van der Waals surface area contributed by atoms with E-state index in [2.05, 4.69) is 4.74 Å². The molecule has 5 N–H and O–H groups in total. The summed E-state index contributed by atoms with van der Waals surface area (Å²) in [6, 6.07) is 5.48. The van der Waals surface area contributed by atoms with Crippen LogP contribution < -0.4 is 0 Å². The Morgan fingerprint density at radius 1 is 0.808 bits per heavy atom. The number of aromatic carboxylic acids is 2. The van der Waals surface area contributed by atoms with E-state index in [0.717, 1.165) is 7.11 Å². The second-order valence-corrected chi connectivity index (χ2v) is 4.80. The summed E-state index contributed by atoms with van der Waals surface area (Å²) >= 11 is 0. The van der Waals surface area contributed by atoms with Crippen molar-refractivity contribution in [1.82, 2.24) is 0 Å². The average Bonchev–Trinajstić information content (AvgIpc) is 2.53. The van der Waals surface area contributed by atoms with Crippen LogP contribution in [0.3, 0.4) is 0 Å². The van der Waals surface area contributed by atoms with Crippen LogP contribution in [0.2, 0.25) is 0 Å². The Morgan fingerprint density at radius 2 is 1.15 bits per heavy atom. The van der Waals surface area contributed by atoms with Gasteiger partial charge in [-0.3, -0.25) is 9.59 Å². The zero-order chi connectivity index (χ0) is 20.5. The van der Waals surface area contributed by atoms with Crippen LogP contribution >= 0.6 is 0 Å². The van der Waals surface area contributed by atoms with Crippen molar-refractivity contribution in [2.45, 2.75) is 18.4 Å². The minimum Gasteiger partial charge on any atom is -0.481 e. The molecule has 0 aromatic heterocycles. The summed E-state index contributed by atoms with van der Waals surface area (Å²) < 4.78 is 4.46. The maximum absolute atomic E-state index is 10.7. The SMILES string of the molecule is COC(CC(=O)O)(CC(=O)O)C(=O)O.O=C(O)c1ccccc1C(=O)O. The molecule has 0 heterocycles. The number of aliphatic carboxylic acids is 3. The highest BCUT2D eigenvalue weighted by Crippen LogP contribution is 2.20. The summed E-state index contributed by atoms with van der Waals surface area (Å²) in [6.45, 7) is 0. The quantitative estimate of drug-likeness (QED) is 0.426. The molecule has 1 rings (SSSR count). The fourth-order valence-corrected chi connectivity index (χ4v) is 1.79. The minimum atomic E-state index is -2.20. The van der Waals surface area contributed by atoms with Crippen molar-refractivity contribution in [2.75, 3.05) is 7.11 Å². The average molecular weight is 372 g/mol. The lowest BCUT2D eigenvalue weighted by Gasteiger charge is -2.23. The van der Waals surface area contributed by atoms with Gasteiger partial charge in [0, 0.05) is 7.11 Å². The fourth-order valence-electron chi connectivity index (χ4n) is 1.79. The Hall–Kier alpha value is -3.47. The Labute approximate surface area is 146 Å². The molecule has 0 radical (unpaired) electrons. The van der Waals surface area contributed by atoms with Gasteiger partial charge in [0.25, 0.3) is 0 Å². The van der Waals surface area contributed by atoms with Crippen LogP contribution in [0.5, 0.6) is 0 Å². The van der Waals surface area contributed by atoms with Crippen LogP contribution in [0.4, 0.5) is 0 Å². The van der Waals surface area contributed by atoms with Gasteiger partial charge in [0.2, 0.25) is 0 Å². The van der Waals surface area contributed by atoms with E-state index < -0.39 is 48.3 Å². The molecule has 11 nitrogen and oxygen atoms in total. The lowest BCUT2D eigenvalue weighted by Crippen LogP contribution is -2.44. The van der Waals surface area contributed by atoms with Crippen molar-refractivity contribution in [3.05, 3.63) is 35.4 Å². The second-order valence-electron chi connectivity index (χ2n) is 4.80. The highest BCUT2D eigenvalue weighted by molar-refractivity contribution is 6.01. The van der Waals surface area contributed by atoms with Crippen molar-refractivity contribution in [2.24, 2.45) is 0 Å². The number of carboxylic acids is 5. The van der Waals surface area contributed by atoms with Gasteiger partial charge in [-0.1, -0.05) is 12.1 Å². The third-order valence-electron chi connectivity index (χ3n) is 3.04. The number of carboxylic acid groups (broad SMARTS) is 5. The van der Waals surface area contributed by atoms with Gasteiger partial charge >= 0.3 is 29.8 Å². The summed E-state index contributed by atoms with van der Waals surface area (Å²) in [5.74, 6) is -6.93. The first kappa shape index (κ1) is 22.5. The second kappa shape index (κ2) is 9.74. The normalized spacial score (nSPS) is 10.2. The number of hydrogen-bond donors (Lipinski definition) is 5. The zero-order valence-corrected chi connectivity index (χ0v) is 13.4. The summed E-state index contributed by atoms with van der Waals surface area (Å²) in [7, 11) is 0.958. The van der Waals surface area contributed by atoms with Crippen LogP contribution in [0.1, 0.15) is 33.6 Å². The molecular formula is C15H16O11. The van der Waals surface area contributed by atoms with E-state index in [4.69, 9.17) is 25.5 Å². The van der Waals surface area contributed by atoms with Crippen molar-refractivity contribution in [3.63, 3.8) is 0 Å². The molecule has 0 spiro atoms. The number of methoxy groups -OCH3 is 1. The van der Waals surface area contributed by atoms with Gasteiger partial charge in [-0.2, -0.15) is 0 Å². The number of ether oxygens (including phenoxy) is 1. The van der Waals surface area contributed by atoms with E-state index >= 15 is 0 Å². The molecule has 0 saturated heterocycles. The van der Waals surface area contributed by atoms with Crippen LogP contribution in [0, 0.1) is 0 Å². The van der Waals surface area contributed by atoms with Gasteiger partial charge in [-0.25, -0.2) is 14.4 Å². The molecule has 1 aromatic rings. The van der Waals surface area contributed by atoms with E-state index in [-0.39, 0.29) is 11.1 Å². The van der Waals surface area contributed by atoms with Crippen LogP contribution in [-0.2, 0) is 19.1 Å². The third kappa shape index (κ3) is 6.57. The molecular weight excluding hydrogens is 356 g/mol. The smallest absolute Gasteiger partial charge is 0.337 e. The summed E-state index contributed by atoms with van der Waals surface area (Å²) in [5, 5.41) is 42.6. The Bertz CT molecular complexity index is 658. The lowest BCUT2D eigenvalue weighted by molar-refractivity contribution is -0.174. The molecule has 0 aliphatic carbocycles. The monoisotopic (exact) mass is 372 g/mol. The number of rotatable bonds is 8. The molecule has 0 atom stereocenters. The Kier molecular flexibility index (Phi) is 8.44. The maximum Gasteiger partial charge on any atom is 0.337 e. The highest BCUT2D eigenvalue weighted by Gasteiger charge is 2.43. The van der Waals surface area contributed by atoms with Gasteiger partial charge in [-0.15, -0.1) is 0 Å². The third-order valence-corrected chi connectivity index (χ3v) is 3.04. The predicted molar refractivity (Wildman–Crippen MR) is 82.2 cm³/mol. The molecule has 0 aliphatic rings. The zero-order valence-electron chi connectivity index (χ0n) is 13.4. The number of benzene rings is 1. The van der Waals surface area contributed by atoms with Gasteiger partial charge in [0.05, 0.1) is 24.0 Å².